The summed E-state index contributed by atoms with van der Waals surface area (Å²) in [4.78, 5) is 0.265. The molecule has 3 rings (SSSR count). The molecule has 0 aliphatic heterocycles. The van der Waals surface area contributed by atoms with Crippen LogP contribution < -0.4 is 4.72 Å². The van der Waals surface area contributed by atoms with Crippen molar-refractivity contribution >= 4 is 15.6 Å². The van der Waals surface area contributed by atoms with E-state index in [9.17, 15) is 18.9 Å². The van der Waals surface area contributed by atoms with Crippen molar-refractivity contribution in [2.45, 2.75) is 57.4 Å². The Balaban J connectivity index is 2.07. The first-order valence-electron chi connectivity index (χ1n) is 10.5. The number of benzene rings is 2. The van der Waals surface area contributed by atoms with Crippen LogP contribution in [-0.4, -0.2) is 14.5 Å². The van der Waals surface area contributed by atoms with Crippen molar-refractivity contribution in [3.05, 3.63) is 70.3 Å². The van der Waals surface area contributed by atoms with Gasteiger partial charge in [-0.25, -0.2) is 13.1 Å². The molecule has 2 atom stereocenters. The molecule has 0 heterocycles. The highest BCUT2D eigenvalue weighted by molar-refractivity contribution is 7.89. The number of hydrogen-bond acceptors (Lipinski definition) is 4. The number of nitrogens with zero attached hydrogens (tertiary/aromatic N) is 2. The minimum absolute atomic E-state index is 0.0592. The number of rotatable bonds is 6. The van der Waals surface area contributed by atoms with Crippen LogP contribution >= 0.6 is 0 Å². The van der Waals surface area contributed by atoms with Crippen molar-refractivity contribution in [1.29, 1.82) is 10.5 Å². The van der Waals surface area contributed by atoms with Crippen molar-refractivity contribution in [2.75, 3.05) is 0 Å². The lowest BCUT2D eigenvalue weighted by Gasteiger charge is -2.34. The van der Waals surface area contributed by atoms with Crippen LogP contribution in [-0.2, 0) is 16.4 Å². The Hall–Kier alpha value is -2.93. The summed E-state index contributed by atoms with van der Waals surface area (Å²) in [6.45, 7) is 5.73. The van der Waals surface area contributed by atoms with Crippen LogP contribution in [0.25, 0.3) is 5.57 Å². The van der Waals surface area contributed by atoms with Gasteiger partial charge in [0.05, 0.1) is 4.90 Å². The van der Waals surface area contributed by atoms with Gasteiger partial charge in [-0.3, -0.25) is 0 Å². The minimum Gasteiger partial charge on any atom is -0.207 e. The fourth-order valence-electron chi connectivity index (χ4n) is 4.54. The van der Waals surface area contributed by atoms with E-state index in [1.807, 2.05) is 56.3 Å². The lowest BCUT2D eigenvalue weighted by atomic mass is 9.73. The van der Waals surface area contributed by atoms with E-state index in [0.717, 1.165) is 29.5 Å². The molecule has 0 fully saturated rings. The van der Waals surface area contributed by atoms with E-state index < -0.39 is 16.1 Å². The Kier molecular flexibility index (Phi) is 6.95. The molecule has 0 saturated carbocycles. The largest absolute Gasteiger partial charge is 0.241 e. The number of fused-ring (bicyclic) bond motifs is 1. The van der Waals surface area contributed by atoms with E-state index in [1.54, 1.807) is 19.1 Å². The van der Waals surface area contributed by atoms with Crippen LogP contribution in [0.3, 0.4) is 0 Å². The lowest BCUT2D eigenvalue weighted by molar-refractivity contribution is 0.411. The molecule has 6 heteroatoms. The second kappa shape index (κ2) is 9.47. The summed E-state index contributed by atoms with van der Waals surface area (Å²) in [7, 11) is -3.76. The van der Waals surface area contributed by atoms with Gasteiger partial charge in [0, 0.05) is 12.0 Å². The fraction of sp³-hybridized carbons (Fsp3) is 0.360. The number of aryl methyl sites for hydroxylation is 3. The molecular weight excluding hydrogens is 406 g/mol. The molecule has 0 aromatic heterocycles. The Labute approximate surface area is 185 Å². The normalized spacial score (nSPS) is 16.7. The molecule has 0 saturated heterocycles. The maximum absolute atomic E-state index is 13.3. The Bertz CT molecular complexity index is 1180. The average Bonchev–Trinajstić information content (AvgIpc) is 2.74. The Morgan fingerprint density at radius 1 is 1.16 bits per heavy atom. The summed E-state index contributed by atoms with van der Waals surface area (Å²) < 4.78 is 29.5. The SMILES string of the molecule is CCC[C@H](NS(=O)(=O)c1ccc(C)cc1C)[C@H]1CCc2ccccc2C1=C(C#N)C#N. The summed E-state index contributed by atoms with van der Waals surface area (Å²) >= 11 is 0. The third kappa shape index (κ3) is 4.71. The number of nitriles is 2. The predicted octanol–water partition coefficient (Wildman–Crippen LogP) is 4.81. The van der Waals surface area contributed by atoms with Crippen LogP contribution in [0.5, 0.6) is 0 Å². The Morgan fingerprint density at radius 2 is 1.87 bits per heavy atom. The third-order valence-corrected chi connectivity index (χ3v) is 7.56. The summed E-state index contributed by atoms with van der Waals surface area (Å²) in [5, 5.41) is 19.3. The van der Waals surface area contributed by atoms with Gasteiger partial charge in [-0.2, -0.15) is 10.5 Å². The van der Waals surface area contributed by atoms with Gasteiger partial charge in [0.15, 0.2) is 0 Å². The maximum Gasteiger partial charge on any atom is 0.241 e. The number of sulfonamides is 1. The Morgan fingerprint density at radius 3 is 2.52 bits per heavy atom. The van der Waals surface area contributed by atoms with E-state index in [0.29, 0.717) is 24.0 Å². The number of allylic oxidation sites excluding steroid dienone is 1. The summed E-state index contributed by atoms with van der Waals surface area (Å²) in [5.74, 6) is -0.246. The average molecular weight is 434 g/mol. The number of nitrogens with one attached hydrogen (secondary N) is 1. The molecule has 5 nitrogen and oxygen atoms in total. The fourth-order valence-corrected chi connectivity index (χ4v) is 6.08. The molecule has 160 valence electrons. The van der Waals surface area contributed by atoms with Gasteiger partial charge in [0.1, 0.15) is 17.7 Å². The standard InChI is InChI=1S/C25H27N3O2S/c1-4-7-23(28-31(29,30)24-13-10-17(2)14-18(24)3)22-12-11-19-8-5-6-9-21(19)25(22)20(15-26)16-27/h5-6,8-10,13-14,22-23,28H,4,7,11-12H2,1-3H3/t22-,23+/m1/s1. The van der Waals surface area contributed by atoms with Gasteiger partial charge in [0.2, 0.25) is 10.0 Å². The molecule has 0 radical (unpaired) electrons. The van der Waals surface area contributed by atoms with Gasteiger partial charge in [-0.15, -0.1) is 0 Å². The molecule has 1 N–H and O–H groups in total. The van der Waals surface area contributed by atoms with Crippen LogP contribution in [0.2, 0.25) is 0 Å². The summed E-state index contributed by atoms with van der Waals surface area (Å²) in [6.07, 6.45) is 2.85. The van der Waals surface area contributed by atoms with Crippen molar-refractivity contribution < 1.29 is 8.42 Å². The van der Waals surface area contributed by atoms with Gasteiger partial charge >= 0.3 is 0 Å². The quantitative estimate of drug-likeness (QED) is 0.661. The lowest BCUT2D eigenvalue weighted by Crippen LogP contribution is -2.42. The number of hydrogen-bond donors (Lipinski definition) is 1. The smallest absolute Gasteiger partial charge is 0.207 e. The van der Waals surface area contributed by atoms with Crippen molar-refractivity contribution in [2.24, 2.45) is 5.92 Å². The minimum atomic E-state index is -3.76. The second-order valence-corrected chi connectivity index (χ2v) is 9.78. The molecule has 1 aliphatic carbocycles. The highest BCUT2D eigenvalue weighted by Gasteiger charge is 2.35. The summed E-state index contributed by atoms with van der Waals surface area (Å²) in [5.41, 5.74) is 4.39. The van der Waals surface area contributed by atoms with Gasteiger partial charge in [-0.05, 0) is 61.4 Å². The second-order valence-electron chi connectivity index (χ2n) is 8.10. The third-order valence-electron chi connectivity index (χ3n) is 5.91. The maximum atomic E-state index is 13.3. The molecule has 1 aliphatic rings. The van der Waals surface area contributed by atoms with Crippen LogP contribution in [0.15, 0.2) is 52.9 Å². The first kappa shape index (κ1) is 22.7. The van der Waals surface area contributed by atoms with Crippen LogP contribution in [0, 0.1) is 42.4 Å². The van der Waals surface area contributed by atoms with Gasteiger partial charge in [-0.1, -0.05) is 55.3 Å². The van der Waals surface area contributed by atoms with Gasteiger partial charge < -0.3 is 0 Å². The molecule has 2 aromatic rings. The van der Waals surface area contributed by atoms with E-state index in [2.05, 4.69) is 4.72 Å². The van der Waals surface area contributed by atoms with E-state index in [1.165, 1.54) is 0 Å². The van der Waals surface area contributed by atoms with Crippen LogP contribution in [0.1, 0.15) is 48.4 Å². The molecule has 0 unspecified atom stereocenters. The molecule has 31 heavy (non-hydrogen) atoms. The molecule has 0 bridgehead atoms. The van der Waals surface area contributed by atoms with Crippen LogP contribution in [0.4, 0.5) is 0 Å². The first-order valence-corrected chi connectivity index (χ1v) is 12.0. The zero-order valence-electron chi connectivity index (χ0n) is 18.1. The van der Waals surface area contributed by atoms with Gasteiger partial charge in [0.25, 0.3) is 0 Å². The van der Waals surface area contributed by atoms with Crippen molar-refractivity contribution in [3.63, 3.8) is 0 Å². The topological polar surface area (TPSA) is 93.8 Å². The molecule has 0 amide bonds. The molecule has 0 spiro atoms. The van der Waals surface area contributed by atoms with E-state index in [4.69, 9.17) is 0 Å². The van der Waals surface area contributed by atoms with Crippen molar-refractivity contribution in [1.82, 2.24) is 4.72 Å². The monoisotopic (exact) mass is 433 g/mol. The highest BCUT2D eigenvalue weighted by Crippen LogP contribution is 2.40. The van der Waals surface area contributed by atoms with E-state index >= 15 is 0 Å². The van der Waals surface area contributed by atoms with Crippen molar-refractivity contribution in [3.8, 4) is 12.1 Å². The molecule has 2 aromatic carbocycles. The zero-order valence-corrected chi connectivity index (χ0v) is 19.0. The molecular formula is C25H27N3O2S. The first-order chi connectivity index (χ1) is 14.8. The highest BCUT2D eigenvalue weighted by atomic mass is 32.2. The predicted molar refractivity (Wildman–Crippen MR) is 121 cm³/mol. The summed E-state index contributed by atoms with van der Waals surface area (Å²) in [6, 6.07) is 16.7. The zero-order chi connectivity index (χ0) is 22.6. The van der Waals surface area contributed by atoms with E-state index in [-0.39, 0.29) is 16.4 Å².